The van der Waals surface area contributed by atoms with E-state index in [1.807, 2.05) is 6.20 Å². The van der Waals surface area contributed by atoms with Gasteiger partial charge in [-0.1, -0.05) is 28.9 Å². The molecule has 1 saturated carbocycles. The summed E-state index contributed by atoms with van der Waals surface area (Å²) >= 11 is 3.83. The van der Waals surface area contributed by atoms with Crippen LogP contribution in [-0.4, -0.2) is 9.81 Å². The lowest BCUT2D eigenvalue weighted by atomic mass is 9.75. The van der Waals surface area contributed by atoms with Crippen LogP contribution in [0, 0.1) is 11.8 Å². The van der Waals surface area contributed by atoms with Crippen molar-refractivity contribution in [2.45, 2.75) is 49.8 Å². The van der Waals surface area contributed by atoms with Gasteiger partial charge in [0.25, 0.3) is 0 Å². The largest absolute Gasteiger partial charge is 0.261 e. The monoisotopic (exact) mass is 293 g/mol. The summed E-state index contributed by atoms with van der Waals surface area (Å²) in [7, 11) is 0. The van der Waals surface area contributed by atoms with E-state index < -0.39 is 0 Å². The van der Waals surface area contributed by atoms with Crippen LogP contribution in [0.3, 0.4) is 0 Å². The first-order valence-electron chi connectivity index (χ1n) is 6.85. The SMILES string of the molecule is CC1C(Br)CCC1C1CCCc2cccnc21. The molecule has 1 fully saturated rings. The number of pyridine rings is 1. The molecule has 2 aliphatic carbocycles. The first-order chi connectivity index (χ1) is 8.27. The number of hydrogen-bond donors (Lipinski definition) is 0. The average Bonchev–Trinajstić information content (AvgIpc) is 2.69. The van der Waals surface area contributed by atoms with Gasteiger partial charge in [0.1, 0.15) is 0 Å². The first kappa shape index (κ1) is 11.7. The summed E-state index contributed by atoms with van der Waals surface area (Å²) in [5.41, 5.74) is 2.92. The number of hydrogen-bond acceptors (Lipinski definition) is 1. The summed E-state index contributed by atoms with van der Waals surface area (Å²) in [4.78, 5) is 5.41. The van der Waals surface area contributed by atoms with E-state index in [9.17, 15) is 0 Å². The topological polar surface area (TPSA) is 12.9 Å². The van der Waals surface area contributed by atoms with Crippen LogP contribution in [-0.2, 0) is 6.42 Å². The second-order valence-corrected chi connectivity index (χ2v) is 6.84. The molecule has 0 amide bonds. The zero-order chi connectivity index (χ0) is 11.8. The molecule has 17 heavy (non-hydrogen) atoms. The van der Waals surface area contributed by atoms with Crippen molar-refractivity contribution in [1.82, 2.24) is 4.98 Å². The molecule has 2 aliphatic rings. The lowest BCUT2D eigenvalue weighted by Gasteiger charge is -2.32. The molecule has 0 bridgehead atoms. The van der Waals surface area contributed by atoms with Gasteiger partial charge in [-0.05, 0) is 55.6 Å². The van der Waals surface area contributed by atoms with Crippen LogP contribution in [0.5, 0.6) is 0 Å². The van der Waals surface area contributed by atoms with Crippen LogP contribution >= 0.6 is 15.9 Å². The number of halogens is 1. The van der Waals surface area contributed by atoms with Crippen molar-refractivity contribution in [3.05, 3.63) is 29.6 Å². The van der Waals surface area contributed by atoms with E-state index in [1.165, 1.54) is 43.4 Å². The van der Waals surface area contributed by atoms with Crippen LogP contribution in [0.4, 0.5) is 0 Å². The zero-order valence-corrected chi connectivity index (χ0v) is 12.0. The van der Waals surface area contributed by atoms with E-state index >= 15 is 0 Å². The second kappa shape index (κ2) is 4.72. The Bertz CT molecular complexity index is 404. The number of fused-ring (bicyclic) bond motifs is 1. The fraction of sp³-hybridized carbons (Fsp3) is 0.667. The third-order valence-electron chi connectivity index (χ3n) is 4.78. The minimum atomic E-state index is 0.720. The number of rotatable bonds is 1. The van der Waals surface area contributed by atoms with Crippen LogP contribution < -0.4 is 0 Å². The number of aromatic nitrogens is 1. The standard InChI is InChI=1S/C15H20BrN/c1-10-12(7-8-14(10)16)13-6-2-4-11-5-3-9-17-15(11)13/h3,5,9-10,12-14H,2,4,6-8H2,1H3. The normalized spacial score (nSPS) is 36.8. The Kier molecular flexibility index (Phi) is 3.25. The summed E-state index contributed by atoms with van der Waals surface area (Å²) in [6.45, 7) is 2.41. The summed E-state index contributed by atoms with van der Waals surface area (Å²) in [6, 6.07) is 4.37. The van der Waals surface area contributed by atoms with Crippen LogP contribution in [0.1, 0.15) is 49.8 Å². The third-order valence-corrected chi connectivity index (χ3v) is 6.07. The van der Waals surface area contributed by atoms with E-state index in [4.69, 9.17) is 0 Å². The zero-order valence-electron chi connectivity index (χ0n) is 10.4. The highest BCUT2D eigenvalue weighted by Gasteiger charge is 2.38. The molecule has 1 heterocycles. The molecule has 2 heteroatoms. The van der Waals surface area contributed by atoms with Gasteiger partial charge in [-0.15, -0.1) is 0 Å². The second-order valence-electron chi connectivity index (χ2n) is 5.66. The lowest BCUT2D eigenvalue weighted by molar-refractivity contribution is 0.314. The fourth-order valence-corrected chi connectivity index (χ4v) is 4.43. The van der Waals surface area contributed by atoms with E-state index in [0.717, 1.165) is 22.6 Å². The summed E-state index contributed by atoms with van der Waals surface area (Å²) < 4.78 is 0. The third kappa shape index (κ3) is 2.05. The van der Waals surface area contributed by atoms with Crippen LogP contribution in [0.2, 0.25) is 0 Å². The van der Waals surface area contributed by atoms with Crippen molar-refractivity contribution in [1.29, 1.82) is 0 Å². The highest BCUT2D eigenvalue weighted by atomic mass is 79.9. The Hall–Kier alpha value is -0.370. The molecular formula is C15H20BrN. The molecule has 1 aromatic heterocycles. The molecule has 92 valence electrons. The van der Waals surface area contributed by atoms with E-state index in [-0.39, 0.29) is 0 Å². The van der Waals surface area contributed by atoms with Crippen molar-refractivity contribution >= 4 is 15.9 Å². The number of nitrogens with zero attached hydrogens (tertiary/aromatic N) is 1. The van der Waals surface area contributed by atoms with Gasteiger partial charge in [-0.3, -0.25) is 4.98 Å². The van der Waals surface area contributed by atoms with Gasteiger partial charge >= 0.3 is 0 Å². The van der Waals surface area contributed by atoms with Gasteiger partial charge in [0.05, 0.1) is 0 Å². The predicted octanol–water partition coefficient (Wildman–Crippen LogP) is 4.31. The van der Waals surface area contributed by atoms with Crippen molar-refractivity contribution < 1.29 is 0 Å². The summed E-state index contributed by atoms with van der Waals surface area (Å²) in [6.07, 6.45) is 8.61. The Labute approximate surface area is 112 Å². The van der Waals surface area contributed by atoms with E-state index in [2.05, 4.69) is 40.0 Å². The molecule has 0 saturated heterocycles. The van der Waals surface area contributed by atoms with Crippen molar-refractivity contribution in [3.8, 4) is 0 Å². The van der Waals surface area contributed by atoms with Gasteiger partial charge in [-0.2, -0.15) is 0 Å². The van der Waals surface area contributed by atoms with Gasteiger partial charge < -0.3 is 0 Å². The highest BCUT2D eigenvalue weighted by Crippen LogP contribution is 2.47. The van der Waals surface area contributed by atoms with Crippen LogP contribution in [0.15, 0.2) is 18.3 Å². The maximum atomic E-state index is 4.69. The molecule has 3 rings (SSSR count). The Morgan fingerprint density at radius 1 is 1.29 bits per heavy atom. The fourth-order valence-electron chi connectivity index (χ4n) is 3.78. The maximum absolute atomic E-state index is 4.69. The maximum Gasteiger partial charge on any atom is 0.0469 e. The van der Waals surface area contributed by atoms with Crippen molar-refractivity contribution in [2.24, 2.45) is 11.8 Å². The molecule has 0 radical (unpaired) electrons. The molecule has 0 aliphatic heterocycles. The minimum Gasteiger partial charge on any atom is -0.261 e. The molecule has 1 aromatic rings. The molecule has 4 atom stereocenters. The van der Waals surface area contributed by atoms with Gasteiger partial charge in [0.2, 0.25) is 0 Å². The Morgan fingerprint density at radius 2 is 2.18 bits per heavy atom. The predicted molar refractivity (Wildman–Crippen MR) is 74.5 cm³/mol. The van der Waals surface area contributed by atoms with E-state index in [0.29, 0.717) is 0 Å². The highest BCUT2D eigenvalue weighted by molar-refractivity contribution is 9.09. The minimum absolute atomic E-state index is 0.720. The van der Waals surface area contributed by atoms with E-state index in [1.54, 1.807) is 0 Å². The lowest BCUT2D eigenvalue weighted by Crippen LogP contribution is -2.23. The van der Waals surface area contributed by atoms with Crippen molar-refractivity contribution in [2.75, 3.05) is 0 Å². The molecule has 0 aromatic carbocycles. The number of aryl methyl sites for hydroxylation is 1. The Balaban J connectivity index is 1.90. The Morgan fingerprint density at radius 3 is 2.94 bits per heavy atom. The van der Waals surface area contributed by atoms with Gasteiger partial charge in [0.15, 0.2) is 0 Å². The molecule has 0 spiro atoms. The summed E-state index contributed by atoms with van der Waals surface area (Å²) in [5, 5.41) is 0. The molecule has 4 unspecified atom stereocenters. The molecule has 0 N–H and O–H groups in total. The summed E-state index contributed by atoms with van der Waals surface area (Å²) in [5.74, 6) is 2.36. The van der Waals surface area contributed by atoms with Gasteiger partial charge in [-0.25, -0.2) is 0 Å². The smallest absolute Gasteiger partial charge is 0.0469 e. The van der Waals surface area contributed by atoms with Crippen molar-refractivity contribution in [3.63, 3.8) is 0 Å². The molecular weight excluding hydrogens is 274 g/mol. The number of alkyl halides is 1. The molecule has 1 nitrogen and oxygen atoms in total. The first-order valence-corrected chi connectivity index (χ1v) is 7.77. The van der Waals surface area contributed by atoms with Gasteiger partial charge in [0, 0.05) is 22.6 Å². The van der Waals surface area contributed by atoms with Crippen LogP contribution in [0.25, 0.3) is 0 Å². The quantitative estimate of drug-likeness (QED) is 0.703. The average molecular weight is 294 g/mol.